The molecule has 0 amide bonds. The Bertz CT molecular complexity index is 3420. The predicted molar refractivity (Wildman–Crippen MR) is 549 cm³/mol. The number of likely N-dealkylation sites (tertiary alicyclic amines) is 1. The van der Waals surface area contributed by atoms with E-state index in [1.807, 2.05) is 0 Å². The summed E-state index contributed by atoms with van der Waals surface area (Å²) >= 11 is 0. The lowest BCUT2D eigenvalue weighted by Crippen LogP contribution is -2.78. The average molecular weight is 1780 g/mol. The van der Waals surface area contributed by atoms with Crippen LogP contribution in [0.3, 0.4) is 0 Å². The normalized spacial score (nSPS) is 50.8. The second-order valence-electron chi connectivity index (χ2n) is 61.2. The monoisotopic (exact) mass is 1780 g/mol. The molecule has 0 aromatic carbocycles. The fourth-order valence-corrected chi connectivity index (χ4v) is 47.1. The summed E-state index contributed by atoms with van der Waals surface area (Å²) in [6.45, 7) is 34.0. The zero-order valence-electron chi connectivity index (χ0n) is 87.7. The molecule has 0 radical (unpaired) electrons. The van der Waals surface area contributed by atoms with Gasteiger partial charge < -0.3 is 0 Å². The van der Waals surface area contributed by atoms with E-state index in [1.165, 1.54) is 12.8 Å². The minimum atomic E-state index is 0.417. The molecule has 3 heterocycles. The van der Waals surface area contributed by atoms with Crippen LogP contribution in [0.4, 0.5) is 0 Å². The van der Waals surface area contributed by atoms with Crippen molar-refractivity contribution in [2.45, 2.75) is 566 Å². The number of nitrogens with zero attached hydrogens (tertiary/aromatic N) is 3. The molecule has 0 aromatic rings. The van der Waals surface area contributed by atoms with Gasteiger partial charge in [-0.15, -0.1) is 0 Å². The third kappa shape index (κ3) is 16.8. The molecule has 0 N–H and O–H groups in total. The van der Waals surface area contributed by atoms with Crippen LogP contribution in [0.25, 0.3) is 0 Å². The summed E-state index contributed by atoms with van der Waals surface area (Å²) < 4.78 is 0. The van der Waals surface area contributed by atoms with Gasteiger partial charge in [0.25, 0.3) is 0 Å². The predicted octanol–water partition coefficient (Wildman–Crippen LogP) is 34.2. The number of hydrogen-bond acceptors (Lipinski definition) is 3. The molecule has 3 nitrogen and oxygen atoms in total. The molecule has 0 spiro atoms. The van der Waals surface area contributed by atoms with E-state index in [9.17, 15) is 0 Å². The molecule has 24 rings (SSSR count). The van der Waals surface area contributed by atoms with E-state index in [0.717, 1.165) is 280 Å². The van der Waals surface area contributed by atoms with Crippen LogP contribution in [0.5, 0.6) is 0 Å². The van der Waals surface area contributed by atoms with Crippen LogP contribution in [-0.2, 0) is 0 Å². The Hall–Kier alpha value is -0.0551. The third-order valence-corrected chi connectivity index (χ3v) is 52.4. The smallest absolute Gasteiger partial charge is 0.156 e. The summed E-state index contributed by atoms with van der Waals surface area (Å²) in [6, 6.07) is 7.49. The van der Waals surface area contributed by atoms with E-state index in [0.29, 0.717) is 21.7 Å². The second-order valence-corrected chi connectivity index (χ2v) is 61.2. The quantitative estimate of drug-likeness (QED) is 0.191. The first kappa shape index (κ1) is 92.4. The minimum Gasteiger partial charge on any atom is -0.295 e. The molecule has 21 aliphatic carbocycles. The van der Waals surface area contributed by atoms with Crippen LogP contribution in [0, 0.1) is 223 Å². The van der Waals surface area contributed by atoms with Gasteiger partial charge in [-0.1, -0.05) is 327 Å². The Morgan fingerprint density at radius 1 is 0.169 bits per heavy atom. The molecule has 24 fully saturated rings. The van der Waals surface area contributed by atoms with Crippen molar-refractivity contribution < 1.29 is 0 Å². The van der Waals surface area contributed by atoms with Crippen LogP contribution >= 0.6 is 0 Å². The van der Waals surface area contributed by atoms with Crippen molar-refractivity contribution in [3.63, 3.8) is 0 Å². The molecule has 3 saturated heterocycles. The van der Waals surface area contributed by atoms with Crippen LogP contribution < -0.4 is 0 Å². The van der Waals surface area contributed by atoms with Gasteiger partial charge in [-0.25, -0.2) is 0 Å². The first-order chi connectivity index (χ1) is 63.0. The van der Waals surface area contributed by atoms with E-state index in [4.69, 9.17) is 0 Å². The lowest BCUT2D eigenvalue weighted by atomic mass is 9.18. The van der Waals surface area contributed by atoms with Gasteiger partial charge in [0.05, 0.1) is 0 Å². The lowest BCUT2D eigenvalue weighted by Gasteiger charge is -2.73. The van der Waals surface area contributed by atoms with Gasteiger partial charge >= 0.3 is 0 Å². The van der Waals surface area contributed by atoms with Crippen LogP contribution in [0.1, 0.15) is 494 Å². The maximum atomic E-state index is 4.19. The van der Waals surface area contributed by atoms with E-state index in [2.05, 4.69) is 97.8 Å². The van der Waals surface area contributed by atoms with E-state index in [-0.39, 0.29) is 0 Å². The molecule has 0 aromatic heterocycles. The van der Waals surface area contributed by atoms with E-state index in [1.54, 1.807) is 398 Å². The standard InChI is InChI=1S/C126H210BN3/c1-123(2,3)93-59-85-51-53-87-61-95(125(7,8)9)73-106-100(69-91(63-93)116(85)118(87)106)83-55-57-108-112(71-83)129(121-102(79-39-23-15-24-40-79)65-89(77-35-19-13-20-36-77)66-103(121)80-41-25-16-26-42-80)114-75-97(128-110-49-33-31-47-98(110)99-48-32-34-50-111(99)128)76-115-120(114)127(108)109-58-56-84(101-70-92-64-94(124(4,5)6)60-86-52-54-88-62-96(126(10,11)12)74-107(101)119(88)117(86)92)72-113(109)130(115)122-104(81-43-27-17-28-44-81)67-90(78-37-21-14-22-38-78)68-105(122)82-45-29-18-30-46-82/h77-122H,13-76H2,1-12H3. The summed E-state index contributed by atoms with van der Waals surface area (Å²) in [5, 5.41) is 0. The molecule has 3 aliphatic heterocycles. The van der Waals surface area contributed by atoms with Crippen LogP contribution in [0.15, 0.2) is 0 Å². The molecule has 34 unspecified atom stereocenters. The topological polar surface area (TPSA) is 9.72 Å². The van der Waals surface area contributed by atoms with E-state index < -0.39 is 0 Å². The van der Waals surface area contributed by atoms with E-state index >= 15 is 0 Å². The van der Waals surface area contributed by atoms with Gasteiger partial charge in [0.1, 0.15) is 0 Å². The maximum Gasteiger partial charge on any atom is 0.156 e. The fraction of sp³-hybridized carbons (Fsp3) is 1.00. The molecule has 21 saturated carbocycles. The Kier molecular flexibility index (Phi) is 26.5. The summed E-state index contributed by atoms with van der Waals surface area (Å²) in [7, 11) is 0. The number of hydrogen-bond donors (Lipinski definition) is 0. The number of fused-ring (bicyclic) bond motifs is 7. The Morgan fingerprint density at radius 3 is 0.777 bits per heavy atom. The highest BCUT2D eigenvalue weighted by Crippen LogP contribution is 2.75. The van der Waals surface area contributed by atoms with Gasteiger partial charge in [0, 0.05) is 54.4 Å². The van der Waals surface area contributed by atoms with Crippen molar-refractivity contribution in [2.75, 3.05) is 0 Å². The Morgan fingerprint density at radius 2 is 0.446 bits per heavy atom. The molecule has 130 heavy (non-hydrogen) atoms. The molecule has 0 bridgehead atoms. The van der Waals surface area contributed by atoms with Gasteiger partial charge in [-0.2, -0.15) is 0 Å². The fourth-order valence-electron chi connectivity index (χ4n) is 47.1. The highest BCUT2D eigenvalue weighted by Gasteiger charge is 2.72. The van der Waals surface area contributed by atoms with Crippen molar-refractivity contribution in [3.05, 3.63) is 0 Å². The molecular formula is C126H210BN3. The SMILES string of the molecule is CC(C)(C)C1CC2CCC3CC(C(C)(C)C)CC4C(C5CCC6B7C8CCC(C9CC%10CC(C(C)(C)C)CC%11CCC%12CC(C(C)(C)C)CC9C%12C%11%10)CC8N(C8C(C9CCCCC9)CC(C9CCCCC9)CC8C8CCCCC8)C8CC(N9C%10CCCCC%10C%10CCCCC%109)CC(C78)N(C7C(C8CCCCC8)CC(C8CCCCC8)CC7C7CCCCC7)C6C5)CC(C1)C2C34. The minimum absolute atomic E-state index is 0.417. The van der Waals surface area contributed by atoms with Crippen molar-refractivity contribution in [1.29, 1.82) is 0 Å². The molecule has 4 heteroatoms. The molecule has 34 atom stereocenters. The van der Waals surface area contributed by atoms with Gasteiger partial charge in [0.15, 0.2) is 6.71 Å². The van der Waals surface area contributed by atoms with Crippen molar-refractivity contribution in [3.8, 4) is 0 Å². The maximum absolute atomic E-state index is 4.19. The van der Waals surface area contributed by atoms with Crippen molar-refractivity contribution in [1.82, 2.24) is 14.7 Å². The third-order valence-electron chi connectivity index (χ3n) is 52.4. The molecular weight excluding hydrogens is 1570 g/mol. The highest BCUT2D eigenvalue weighted by atomic mass is 15.3. The summed E-state index contributed by atoms with van der Waals surface area (Å²) in [5.74, 6) is 36.2. The van der Waals surface area contributed by atoms with Crippen molar-refractivity contribution >= 4 is 6.71 Å². The first-order valence-electron chi connectivity index (χ1n) is 62.3. The molecule has 732 valence electrons. The van der Waals surface area contributed by atoms with Gasteiger partial charge in [-0.3, -0.25) is 14.7 Å². The Labute approximate surface area is 804 Å². The van der Waals surface area contributed by atoms with Crippen LogP contribution in [0.2, 0.25) is 17.5 Å². The zero-order valence-corrected chi connectivity index (χ0v) is 87.7. The average Bonchev–Trinajstić information content (AvgIpc) is 0.785. The zero-order chi connectivity index (χ0) is 88.1. The largest absolute Gasteiger partial charge is 0.295 e. The number of rotatable bonds is 11. The summed E-state index contributed by atoms with van der Waals surface area (Å²) in [6.07, 6.45) is 102. The van der Waals surface area contributed by atoms with Crippen LogP contribution in [-0.4, -0.2) is 75.8 Å². The summed E-state index contributed by atoms with van der Waals surface area (Å²) in [4.78, 5) is 12.2. The first-order valence-corrected chi connectivity index (χ1v) is 62.3. The summed E-state index contributed by atoms with van der Waals surface area (Å²) in [5.41, 5.74) is 1.70. The van der Waals surface area contributed by atoms with Gasteiger partial charge in [-0.05, 0) is 407 Å². The van der Waals surface area contributed by atoms with Gasteiger partial charge in [0.2, 0.25) is 0 Å². The van der Waals surface area contributed by atoms with Crippen molar-refractivity contribution in [2.24, 2.45) is 223 Å². The lowest BCUT2D eigenvalue weighted by molar-refractivity contribution is -0.165. The molecule has 24 aliphatic rings. The highest BCUT2D eigenvalue weighted by molar-refractivity contribution is 6.65. The second kappa shape index (κ2) is 37.3. The Balaban J connectivity index is 0.715.